The van der Waals surface area contributed by atoms with E-state index in [9.17, 15) is 14.7 Å². The molecule has 0 aliphatic carbocycles. The summed E-state index contributed by atoms with van der Waals surface area (Å²) in [5.74, 6) is -3.13. The third-order valence-electron chi connectivity index (χ3n) is 3.55. The quantitative estimate of drug-likeness (QED) is 0.540. The summed E-state index contributed by atoms with van der Waals surface area (Å²) >= 11 is 5.77. The molecule has 0 saturated carbocycles. The van der Waals surface area contributed by atoms with E-state index in [0.29, 0.717) is 10.6 Å². The number of hydrogen-bond acceptors (Lipinski definition) is 5. The number of ether oxygens (including phenoxy) is 1. The number of ketones is 1. The van der Waals surface area contributed by atoms with Gasteiger partial charge in [0.2, 0.25) is 0 Å². The first-order chi connectivity index (χ1) is 15.9. The summed E-state index contributed by atoms with van der Waals surface area (Å²) in [6.45, 7) is -5.98. The van der Waals surface area contributed by atoms with Crippen LogP contribution in [-0.2, 0) is 4.79 Å². The molecule has 0 heterocycles. The zero-order valence-corrected chi connectivity index (χ0v) is 17.2. The molecule has 7 heteroatoms. The number of likely N-dealkylation sites (N-methyl/N-ethyl adjacent to an activating group) is 1. The van der Waals surface area contributed by atoms with Crippen LogP contribution in [0.1, 0.15) is 37.8 Å². The molecule has 0 spiro atoms. The van der Waals surface area contributed by atoms with E-state index < -0.39 is 25.3 Å². The molecule has 0 aromatic heterocycles. The maximum Gasteiger partial charge on any atom is 0.193 e. The summed E-state index contributed by atoms with van der Waals surface area (Å²) < 4.78 is 50.0. The number of hydrogen-bond donors (Lipinski definition) is 1. The lowest BCUT2D eigenvalue weighted by Crippen LogP contribution is -2.47. The molecule has 0 radical (unpaired) electrons. The second-order valence-corrected chi connectivity index (χ2v) is 7.61. The van der Waals surface area contributed by atoms with Gasteiger partial charge >= 0.3 is 0 Å². The van der Waals surface area contributed by atoms with Crippen molar-refractivity contribution in [1.29, 1.82) is 0 Å². The van der Waals surface area contributed by atoms with E-state index in [2.05, 4.69) is 21.1 Å². The van der Waals surface area contributed by atoms with E-state index in [-0.39, 0.29) is 23.7 Å². The minimum absolute atomic E-state index is 0.191. The summed E-state index contributed by atoms with van der Waals surface area (Å²) in [4.78, 5) is 23.9. The van der Waals surface area contributed by atoms with Gasteiger partial charge in [-0.3, -0.25) is 4.79 Å². The van der Waals surface area contributed by atoms with Gasteiger partial charge in [-0.15, -0.1) is 0 Å². The molecule has 158 valence electrons. The van der Waals surface area contributed by atoms with Gasteiger partial charge in [0.25, 0.3) is 0 Å². The summed E-state index contributed by atoms with van der Waals surface area (Å²) in [5.41, 5.74) is -3.04. The average molecular weight is 428 g/mol. The van der Waals surface area contributed by atoms with Crippen molar-refractivity contribution >= 4 is 23.4 Å². The number of nitrogens with zero attached hydrogens (tertiary/aromatic N) is 1. The summed E-state index contributed by atoms with van der Waals surface area (Å²) in [5, 5.41) is 20.3. The summed E-state index contributed by atoms with van der Waals surface area (Å²) in [6.07, 6.45) is 0. The van der Waals surface area contributed by atoms with Gasteiger partial charge in [0.15, 0.2) is 5.78 Å². The normalized spacial score (nSPS) is 15.2. The number of carboxylic acid groups (broad SMARTS) is 1. The number of rotatable bonds is 7. The smallest absolute Gasteiger partial charge is 0.193 e. The second kappa shape index (κ2) is 10.4. The van der Waals surface area contributed by atoms with Crippen LogP contribution < -0.4 is 9.84 Å². The van der Waals surface area contributed by atoms with E-state index in [1.165, 1.54) is 36.4 Å². The predicted octanol–water partition coefficient (Wildman–Crippen LogP) is 2.16. The van der Waals surface area contributed by atoms with Crippen molar-refractivity contribution in [1.82, 2.24) is 0 Å². The highest BCUT2D eigenvalue weighted by Crippen LogP contribution is 2.20. The minimum Gasteiger partial charge on any atom is -0.546 e. The van der Waals surface area contributed by atoms with Crippen LogP contribution in [0.5, 0.6) is 5.75 Å². The predicted molar refractivity (Wildman–Crippen MR) is 111 cm³/mol. The molecule has 0 aliphatic rings. The number of benzene rings is 2. The number of quaternary nitrogens is 1. The number of aliphatic hydroxyl groups excluding tert-OH is 1. The summed E-state index contributed by atoms with van der Waals surface area (Å²) in [6, 6.07) is 10.8. The van der Waals surface area contributed by atoms with Gasteiger partial charge in [-0.05, 0) is 62.2 Å². The van der Waals surface area contributed by atoms with Crippen LogP contribution in [-0.4, -0.2) is 61.2 Å². The molecule has 6 nitrogen and oxygen atoms in total. The number of aliphatic carboxylic acids is 1. The fourth-order valence-electron chi connectivity index (χ4n) is 1.96. The van der Waals surface area contributed by atoms with Gasteiger partial charge in [0, 0.05) is 24.4 Å². The number of halogens is 1. The van der Waals surface area contributed by atoms with Gasteiger partial charge in [0.1, 0.15) is 17.9 Å². The van der Waals surface area contributed by atoms with Crippen molar-refractivity contribution in [3.63, 3.8) is 0 Å². The molecule has 0 saturated heterocycles. The van der Waals surface area contributed by atoms with Crippen LogP contribution in [0.15, 0.2) is 48.5 Å². The zero-order chi connectivity index (χ0) is 27.2. The second-order valence-electron chi connectivity index (χ2n) is 7.17. The fourth-order valence-corrected chi connectivity index (χ4v) is 2.09. The summed E-state index contributed by atoms with van der Waals surface area (Å²) in [7, 11) is 6.16. The molecule has 0 fully saturated rings. The Labute approximate surface area is 185 Å². The van der Waals surface area contributed by atoms with Gasteiger partial charge in [0.05, 0.1) is 33.7 Å². The number of aliphatic hydroxyl groups is 1. The van der Waals surface area contributed by atoms with Crippen LogP contribution in [0.4, 0.5) is 0 Å². The molecule has 1 N–H and O–H groups in total. The standard InChI is InChI=1S/C17H15ClO4.C5H14NO/c1-17(2,16(20)21)22-14-9-5-12(6-10-14)15(19)11-3-7-13(18)8-4-11;1-6(2,3)4-5-7/h3-10H,1-2H3,(H,20,21);7H,4-5H2,1-3H3/q;+1/p-1/i1D3,2D3;. The highest BCUT2D eigenvalue weighted by molar-refractivity contribution is 6.30. The fraction of sp³-hybridized carbons (Fsp3) is 0.364. The van der Waals surface area contributed by atoms with E-state index in [1.807, 2.05) is 0 Å². The van der Waals surface area contributed by atoms with Gasteiger partial charge in [-0.2, -0.15) is 0 Å². The molecule has 29 heavy (non-hydrogen) atoms. The van der Waals surface area contributed by atoms with Crippen molar-refractivity contribution in [2.24, 2.45) is 0 Å². The molecule has 0 atom stereocenters. The monoisotopic (exact) mass is 427 g/mol. The lowest BCUT2D eigenvalue weighted by Gasteiger charge is -2.27. The van der Waals surface area contributed by atoms with E-state index in [0.717, 1.165) is 23.2 Å². The van der Waals surface area contributed by atoms with Gasteiger partial charge in [-0.1, -0.05) is 11.6 Å². The number of carboxylic acids is 1. The maximum absolute atomic E-state index is 12.4. The van der Waals surface area contributed by atoms with Crippen molar-refractivity contribution in [2.45, 2.75) is 19.3 Å². The first kappa shape index (κ1) is 16.4. The van der Waals surface area contributed by atoms with Crippen LogP contribution in [0.3, 0.4) is 0 Å². The Morgan fingerprint density at radius 3 is 1.90 bits per heavy atom. The van der Waals surface area contributed by atoms with Crippen LogP contribution in [0, 0.1) is 0 Å². The minimum atomic E-state index is -3.57. The Kier molecular flexibility index (Phi) is 5.87. The van der Waals surface area contributed by atoms with Crippen LogP contribution in [0.25, 0.3) is 0 Å². The van der Waals surface area contributed by atoms with Crippen LogP contribution >= 0.6 is 11.6 Å². The molecule has 2 rings (SSSR count). The highest BCUT2D eigenvalue weighted by Gasteiger charge is 2.21. The topological polar surface area (TPSA) is 86.7 Å². The van der Waals surface area contributed by atoms with Crippen molar-refractivity contribution < 1.29 is 37.2 Å². The van der Waals surface area contributed by atoms with E-state index in [1.54, 1.807) is 0 Å². The Bertz CT molecular complexity index is 985. The third-order valence-corrected chi connectivity index (χ3v) is 3.80. The third kappa shape index (κ3) is 8.64. The Morgan fingerprint density at radius 1 is 1.07 bits per heavy atom. The molecular weight excluding hydrogens is 394 g/mol. The lowest BCUT2D eigenvalue weighted by molar-refractivity contribution is -0.870. The van der Waals surface area contributed by atoms with Crippen molar-refractivity contribution in [3.8, 4) is 5.75 Å². The Balaban J connectivity index is 0.000000762. The lowest BCUT2D eigenvalue weighted by atomic mass is 10.0. The van der Waals surface area contributed by atoms with Crippen LogP contribution in [0.2, 0.25) is 5.02 Å². The molecule has 0 aliphatic heterocycles. The first-order valence-electron chi connectivity index (χ1n) is 11.6. The molecule has 2 aromatic carbocycles. The zero-order valence-electron chi connectivity index (χ0n) is 22.4. The number of carbonyl (C=O) groups is 2. The molecule has 0 unspecified atom stereocenters. The van der Waals surface area contributed by atoms with Crippen molar-refractivity contribution in [3.05, 3.63) is 64.7 Å². The van der Waals surface area contributed by atoms with E-state index in [4.69, 9.17) is 29.7 Å². The maximum atomic E-state index is 12.4. The van der Waals surface area contributed by atoms with Gasteiger partial charge in [-0.25, -0.2) is 0 Å². The molecule has 0 bridgehead atoms. The number of carbonyl (C=O) groups excluding carboxylic acids is 2. The average Bonchev–Trinajstić information content (AvgIpc) is 2.70. The SMILES string of the molecule is C[N+](C)(C)CCO.[2H]C([2H])([2H])C(Oc1ccc(C(=O)c2ccc(Cl)cc2)cc1)(C(=O)[O-])C([2H])([2H])[2H]. The molecule has 2 aromatic rings. The Hall–Kier alpha value is -2.41. The largest absolute Gasteiger partial charge is 0.546 e. The first-order valence-corrected chi connectivity index (χ1v) is 8.95. The molecular formula is C22H28ClNO5. The van der Waals surface area contributed by atoms with Crippen molar-refractivity contribution in [2.75, 3.05) is 34.3 Å². The molecule has 0 amide bonds. The highest BCUT2D eigenvalue weighted by atomic mass is 35.5. The van der Waals surface area contributed by atoms with E-state index >= 15 is 0 Å². The van der Waals surface area contributed by atoms with Gasteiger partial charge < -0.3 is 24.2 Å². The Morgan fingerprint density at radius 2 is 1.55 bits per heavy atom.